The molecule has 0 fully saturated rings. The monoisotopic (exact) mass is 643 g/mol. The third-order valence-corrected chi connectivity index (χ3v) is 12.2. The number of hydrogen-bond donors (Lipinski definition) is 0. The number of para-hydroxylation sites is 3. The summed E-state index contributed by atoms with van der Waals surface area (Å²) in [4.78, 5) is 0. The van der Waals surface area contributed by atoms with Gasteiger partial charge in [-0.15, -0.1) is 0 Å². The van der Waals surface area contributed by atoms with E-state index in [4.69, 9.17) is 9.47 Å². The van der Waals surface area contributed by atoms with Crippen molar-refractivity contribution in [2.75, 3.05) is 14.2 Å². The molecule has 0 radical (unpaired) electrons. The molecular weight excluding hydrogens is 619 g/mol. The Hall–Kier alpha value is -6.60. The number of aromatic nitrogens is 5. The molecule has 50 heavy (non-hydrogen) atoms. The normalized spacial score (nSPS) is 16.7. The number of rotatable bonds is 2. The molecular formula is C43H25N5O2+2. The zero-order valence-corrected chi connectivity index (χ0v) is 27.0. The van der Waals surface area contributed by atoms with Crippen molar-refractivity contribution < 1.29 is 18.6 Å². The molecule has 1 spiro atoms. The van der Waals surface area contributed by atoms with Gasteiger partial charge in [0.15, 0.2) is 11.4 Å². The van der Waals surface area contributed by atoms with E-state index in [0.29, 0.717) is 0 Å². The maximum absolute atomic E-state index is 6.32. The summed E-state index contributed by atoms with van der Waals surface area (Å²) < 4.78 is 25.5. The van der Waals surface area contributed by atoms with Crippen LogP contribution in [0.1, 0.15) is 11.1 Å². The van der Waals surface area contributed by atoms with Gasteiger partial charge in [0.25, 0.3) is 0 Å². The predicted octanol–water partition coefficient (Wildman–Crippen LogP) is 7.79. The summed E-state index contributed by atoms with van der Waals surface area (Å²) in [6.07, 6.45) is 0. The van der Waals surface area contributed by atoms with E-state index in [1.165, 1.54) is 71.8 Å². The van der Waals surface area contributed by atoms with Gasteiger partial charge in [-0.2, -0.15) is 18.3 Å². The molecule has 5 aromatic heterocycles. The average Bonchev–Trinajstić information content (AvgIpc) is 3.88. The number of fused-ring (bicyclic) bond motifs is 13. The Bertz CT molecular complexity index is 3340. The quantitative estimate of drug-likeness (QED) is 0.181. The molecule has 9 heterocycles. The first-order chi connectivity index (χ1) is 24.8. The highest BCUT2D eigenvalue weighted by molar-refractivity contribution is 6.16. The largest absolute Gasteiger partial charge is 0.496 e. The minimum Gasteiger partial charge on any atom is -0.496 e. The minimum absolute atomic E-state index is 0.723. The Morgan fingerprint density at radius 2 is 0.980 bits per heavy atom. The molecule has 1 atom stereocenters. The minimum atomic E-state index is -0.723. The zero-order valence-electron chi connectivity index (χ0n) is 27.0. The molecule has 0 bridgehead atoms. The Balaban J connectivity index is 1.40. The van der Waals surface area contributed by atoms with E-state index in [1.54, 1.807) is 14.2 Å². The van der Waals surface area contributed by atoms with Crippen molar-refractivity contribution >= 4 is 65.7 Å². The molecule has 0 aliphatic carbocycles. The first-order valence-corrected chi connectivity index (χ1v) is 17.1. The van der Waals surface area contributed by atoms with Gasteiger partial charge in [-0.3, -0.25) is 0 Å². The van der Waals surface area contributed by atoms with E-state index in [1.807, 2.05) is 0 Å². The zero-order chi connectivity index (χ0) is 32.4. The van der Waals surface area contributed by atoms with Gasteiger partial charge < -0.3 is 14.0 Å². The van der Waals surface area contributed by atoms with E-state index in [9.17, 15) is 0 Å². The number of nitrogens with zero attached hydrogens (tertiary/aromatic N) is 5. The van der Waals surface area contributed by atoms with Crippen molar-refractivity contribution in [3.05, 3.63) is 126 Å². The van der Waals surface area contributed by atoms with Crippen LogP contribution in [-0.2, 0) is 5.66 Å². The fraction of sp³-hybridized carbons (Fsp3) is 0.0698. The van der Waals surface area contributed by atoms with Crippen LogP contribution in [0.3, 0.4) is 0 Å². The van der Waals surface area contributed by atoms with E-state index < -0.39 is 5.66 Å². The molecule has 0 amide bonds. The molecule has 7 heteroatoms. The molecule has 1 unspecified atom stereocenters. The van der Waals surface area contributed by atoms with E-state index in [2.05, 4.69) is 138 Å². The highest BCUT2D eigenvalue weighted by atomic mass is 16.5. The number of methoxy groups -OCH3 is 2. The van der Waals surface area contributed by atoms with E-state index >= 15 is 0 Å². The predicted molar refractivity (Wildman–Crippen MR) is 194 cm³/mol. The van der Waals surface area contributed by atoms with E-state index in [-0.39, 0.29) is 0 Å². The SMILES string of the molecule is COc1cc2[n+]3c4c1c1ccccc1n4-c1cccc4c1C31c3c(ccc5c6ccccc6n-4c35)-n3c4ccccc4c4c(OC)cc-2[n+]1c43. The lowest BCUT2D eigenvalue weighted by atomic mass is 9.81. The van der Waals surface area contributed by atoms with Gasteiger partial charge in [0.2, 0.25) is 0 Å². The molecule has 4 aliphatic rings. The van der Waals surface area contributed by atoms with Crippen molar-refractivity contribution in [2.45, 2.75) is 5.66 Å². The Morgan fingerprint density at radius 3 is 1.56 bits per heavy atom. The van der Waals surface area contributed by atoms with Crippen LogP contribution in [0, 0.1) is 0 Å². The van der Waals surface area contributed by atoms with Gasteiger partial charge in [0.1, 0.15) is 55.8 Å². The second kappa shape index (κ2) is 7.51. The maximum atomic E-state index is 6.32. The third kappa shape index (κ3) is 2.15. The van der Waals surface area contributed by atoms with E-state index in [0.717, 1.165) is 45.0 Å². The lowest BCUT2D eigenvalue weighted by Crippen LogP contribution is -2.75. The average molecular weight is 644 g/mol. The first kappa shape index (κ1) is 24.5. The van der Waals surface area contributed by atoms with Gasteiger partial charge in [0.05, 0.1) is 30.9 Å². The molecule has 5 aromatic carbocycles. The highest BCUT2D eigenvalue weighted by Gasteiger charge is 2.69. The van der Waals surface area contributed by atoms with Crippen LogP contribution in [0.2, 0.25) is 0 Å². The van der Waals surface area contributed by atoms with Crippen molar-refractivity contribution in [1.29, 1.82) is 0 Å². The molecule has 10 aromatic rings. The standard InChI is InChI=1S/C43H25N5O2/c1-49-34-20-32-33-21-35(50-2)37-25-12-5-8-15-28(25)46-31-19-18-23-22-10-3-6-13-26(22)44-29-16-9-17-30-38(29)43(39(31)40(23)44,48(33)42(37)46)47(32)41-36(34)24-11-4-7-14-27(24)45(30)41/h3-21H,1-2H3/q+2. The van der Waals surface area contributed by atoms with Crippen LogP contribution in [0.15, 0.2) is 115 Å². The van der Waals surface area contributed by atoms with Gasteiger partial charge >= 0.3 is 17.0 Å². The van der Waals surface area contributed by atoms with Crippen LogP contribution in [0.25, 0.3) is 94.1 Å². The lowest BCUT2D eigenvalue weighted by molar-refractivity contribution is -0.920. The number of pyridine rings is 2. The van der Waals surface area contributed by atoms with Crippen LogP contribution < -0.4 is 18.6 Å². The number of hydrogen-bond acceptors (Lipinski definition) is 2. The van der Waals surface area contributed by atoms with Gasteiger partial charge in [-0.1, -0.05) is 48.5 Å². The van der Waals surface area contributed by atoms with Crippen LogP contribution >= 0.6 is 0 Å². The van der Waals surface area contributed by atoms with Crippen molar-refractivity contribution in [3.63, 3.8) is 0 Å². The van der Waals surface area contributed by atoms with Crippen LogP contribution in [0.5, 0.6) is 11.5 Å². The molecule has 0 saturated heterocycles. The Labute approximate surface area is 283 Å². The molecule has 4 aliphatic heterocycles. The van der Waals surface area contributed by atoms with Crippen molar-refractivity contribution in [2.24, 2.45) is 0 Å². The summed E-state index contributed by atoms with van der Waals surface area (Å²) in [5.41, 5.74) is 14.7. The Kier molecular flexibility index (Phi) is 3.68. The molecule has 0 N–H and O–H groups in total. The second-order valence-corrected chi connectivity index (χ2v) is 14.0. The molecule has 0 saturated carbocycles. The fourth-order valence-electron chi connectivity index (χ4n) is 10.7. The van der Waals surface area contributed by atoms with Gasteiger partial charge in [-0.05, 0) is 54.6 Å². The molecule has 7 nitrogen and oxygen atoms in total. The maximum Gasteiger partial charge on any atom is 0.319 e. The first-order valence-electron chi connectivity index (χ1n) is 17.1. The summed E-state index contributed by atoms with van der Waals surface area (Å²) in [5, 5.41) is 7.14. The smallest absolute Gasteiger partial charge is 0.319 e. The second-order valence-electron chi connectivity index (χ2n) is 14.0. The number of benzene rings is 5. The van der Waals surface area contributed by atoms with Crippen LogP contribution in [-0.4, -0.2) is 27.9 Å². The lowest BCUT2D eigenvalue weighted by Gasteiger charge is -2.39. The van der Waals surface area contributed by atoms with Crippen LogP contribution in [0.4, 0.5) is 0 Å². The van der Waals surface area contributed by atoms with Crippen molar-refractivity contribution in [1.82, 2.24) is 13.7 Å². The molecule has 232 valence electrons. The van der Waals surface area contributed by atoms with Gasteiger partial charge in [-0.25, -0.2) is 0 Å². The summed E-state index contributed by atoms with van der Waals surface area (Å²) in [7, 11) is 3.60. The summed E-state index contributed by atoms with van der Waals surface area (Å²) in [6, 6.07) is 42.6. The van der Waals surface area contributed by atoms with Gasteiger partial charge in [0, 0.05) is 33.7 Å². The summed E-state index contributed by atoms with van der Waals surface area (Å²) in [5.74, 6) is 1.73. The summed E-state index contributed by atoms with van der Waals surface area (Å²) >= 11 is 0. The topological polar surface area (TPSA) is 41.0 Å². The third-order valence-electron chi connectivity index (χ3n) is 12.2. The summed E-state index contributed by atoms with van der Waals surface area (Å²) in [6.45, 7) is 0. The molecule has 14 rings (SSSR count). The Morgan fingerprint density at radius 1 is 0.480 bits per heavy atom. The number of ether oxygens (including phenoxy) is 2. The fourth-order valence-corrected chi connectivity index (χ4v) is 10.7. The van der Waals surface area contributed by atoms with Crippen molar-refractivity contribution in [3.8, 4) is 39.9 Å². The highest BCUT2D eigenvalue weighted by Crippen LogP contribution is 2.58.